The van der Waals surface area contributed by atoms with Gasteiger partial charge in [0.25, 0.3) is 0 Å². The lowest BCUT2D eigenvalue weighted by molar-refractivity contribution is -0.141. The van der Waals surface area contributed by atoms with E-state index in [9.17, 15) is 9.59 Å². The summed E-state index contributed by atoms with van der Waals surface area (Å²) in [5, 5.41) is 3.42. The van der Waals surface area contributed by atoms with E-state index in [0.717, 1.165) is 25.8 Å². The number of piperidine rings is 1. The van der Waals surface area contributed by atoms with Gasteiger partial charge in [-0.2, -0.15) is 0 Å². The molecule has 4 nitrogen and oxygen atoms in total. The van der Waals surface area contributed by atoms with Crippen molar-refractivity contribution in [1.82, 2.24) is 10.2 Å². The highest BCUT2D eigenvalue weighted by Gasteiger charge is 2.51. The molecule has 2 aliphatic heterocycles. The van der Waals surface area contributed by atoms with Crippen LogP contribution in [0.15, 0.2) is 0 Å². The normalized spacial score (nSPS) is 40.4. The highest BCUT2D eigenvalue weighted by atomic mass is 16.2. The van der Waals surface area contributed by atoms with Gasteiger partial charge in [-0.25, -0.2) is 0 Å². The Morgan fingerprint density at radius 3 is 2.39 bits per heavy atom. The van der Waals surface area contributed by atoms with E-state index in [1.54, 1.807) is 4.90 Å². The van der Waals surface area contributed by atoms with Crippen LogP contribution in [-0.4, -0.2) is 35.8 Å². The summed E-state index contributed by atoms with van der Waals surface area (Å²) < 4.78 is 0. The first kappa shape index (κ1) is 12.2. The molecule has 0 radical (unpaired) electrons. The van der Waals surface area contributed by atoms with Crippen molar-refractivity contribution in [3.05, 3.63) is 0 Å². The van der Waals surface area contributed by atoms with Crippen molar-refractivity contribution in [2.24, 2.45) is 17.8 Å². The molecule has 0 aromatic carbocycles. The van der Waals surface area contributed by atoms with E-state index in [2.05, 4.69) is 12.2 Å². The number of carbonyl (C=O) groups is 2. The molecule has 0 bridgehead atoms. The van der Waals surface area contributed by atoms with Crippen molar-refractivity contribution in [3.63, 3.8) is 0 Å². The number of hydrogen-bond donors (Lipinski definition) is 1. The van der Waals surface area contributed by atoms with Crippen LogP contribution in [0.25, 0.3) is 0 Å². The highest BCUT2D eigenvalue weighted by molar-refractivity contribution is 6.05. The molecule has 0 aromatic rings. The Labute approximate surface area is 108 Å². The number of hydrogen-bond acceptors (Lipinski definition) is 3. The summed E-state index contributed by atoms with van der Waals surface area (Å²) in [5.41, 5.74) is 0. The molecule has 0 aromatic heterocycles. The summed E-state index contributed by atoms with van der Waals surface area (Å²) in [6.07, 6.45) is 5.31. The van der Waals surface area contributed by atoms with E-state index in [-0.39, 0.29) is 23.7 Å². The minimum absolute atomic E-state index is 0.00362. The second-order valence-electron chi connectivity index (χ2n) is 6.22. The third-order valence-corrected chi connectivity index (χ3v) is 4.78. The Hall–Kier alpha value is -0.900. The summed E-state index contributed by atoms with van der Waals surface area (Å²) in [6.45, 7) is 3.76. The molecule has 0 spiro atoms. The molecule has 3 aliphatic rings. The molecule has 3 fully saturated rings. The fraction of sp³-hybridized carbons (Fsp3) is 0.857. The quantitative estimate of drug-likeness (QED) is 0.748. The van der Waals surface area contributed by atoms with Crippen LogP contribution in [0.4, 0.5) is 0 Å². The maximum absolute atomic E-state index is 12.3. The zero-order valence-corrected chi connectivity index (χ0v) is 11.0. The standard InChI is InChI=1S/C14H22N2O2/c1-9-6-11-12(7-9)14(18)16(13(11)17)8-10-4-2-3-5-15-10/h9-12,15H,2-8H2,1H3. The van der Waals surface area contributed by atoms with Gasteiger partial charge < -0.3 is 5.32 Å². The number of likely N-dealkylation sites (tertiary alicyclic amines) is 1. The van der Waals surface area contributed by atoms with Crippen molar-refractivity contribution in [2.75, 3.05) is 13.1 Å². The van der Waals surface area contributed by atoms with Crippen LogP contribution in [0.5, 0.6) is 0 Å². The SMILES string of the molecule is CC1CC2C(=O)N(CC3CCCCN3)C(=O)C2C1. The van der Waals surface area contributed by atoms with Crippen LogP contribution < -0.4 is 5.32 Å². The molecule has 1 N–H and O–H groups in total. The predicted octanol–water partition coefficient (Wildman–Crippen LogP) is 1.16. The average molecular weight is 250 g/mol. The van der Waals surface area contributed by atoms with E-state index in [0.29, 0.717) is 18.5 Å². The average Bonchev–Trinajstić information content (AvgIpc) is 2.85. The fourth-order valence-corrected chi connectivity index (χ4v) is 3.83. The van der Waals surface area contributed by atoms with Crippen LogP contribution in [0, 0.1) is 17.8 Å². The number of nitrogens with zero attached hydrogens (tertiary/aromatic N) is 1. The van der Waals surface area contributed by atoms with Crippen molar-refractivity contribution >= 4 is 11.8 Å². The summed E-state index contributed by atoms with van der Waals surface area (Å²) >= 11 is 0. The molecular formula is C14H22N2O2. The van der Waals surface area contributed by atoms with E-state index >= 15 is 0 Å². The fourth-order valence-electron chi connectivity index (χ4n) is 3.83. The first-order valence-electron chi connectivity index (χ1n) is 7.25. The second-order valence-corrected chi connectivity index (χ2v) is 6.22. The summed E-state index contributed by atoms with van der Waals surface area (Å²) in [6, 6.07) is 0.322. The molecule has 3 atom stereocenters. The zero-order valence-electron chi connectivity index (χ0n) is 11.0. The Bertz CT molecular complexity index is 339. The van der Waals surface area contributed by atoms with Gasteiger partial charge in [0, 0.05) is 12.6 Å². The molecule has 3 rings (SSSR count). The third kappa shape index (κ3) is 1.96. The lowest BCUT2D eigenvalue weighted by atomic mass is 10.00. The lowest BCUT2D eigenvalue weighted by Gasteiger charge is -2.27. The minimum atomic E-state index is -0.00362. The van der Waals surface area contributed by atoms with Gasteiger partial charge in [-0.1, -0.05) is 13.3 Å². The third-order valence-electron chi connectivity index (χ3n) is 4.78. The van der Waals surface area contributed by atoms with E-state index < -0.39 is 0 Å². The minimum Gasteiger partial charge on any atom is -0.312 e. The molecular weight excluding hydrogens is 228 g/mol. The first-order valence-corrected chi connectivity index (χ1v) is 7.25. The second kappa shape index (κ2) is 4.65. The number of nitrogens with one attached hydrogen (secondary N) is 1. The van der Waals surface area contributed by atoms with Crippen molar-refractivity contribution in [2.45, 2.75) is 45.1 Å². The molecule has 2 amide bonds. The summed E-state index contributed by atoms with van der Waals surface area (Å²) in [4.78, 5) is 26.1. The number of fused-ring (bicyclic) bond motifs is 1. The van der Waals surface area contributed by atoms with Crippen molar-refractivity contribution in [1.29, 1.82) is 0 Å². The molecule has 18 heavy (non-hydrogen) atoms. The first-order chi connectivity index (χ1) is 8.66. The van der Waals surface area contributed by atoms with Gasteiger partial charge in [0.05, 0.1) is 11.8 Å². The van der Waals surface area contributed by atoms with Crippen LogP contribution in [-0.2, 0) is 9.59 Å². The van der Waals surface area contributed by atoms with Gasteiger partial charge >= 0.3 is 0 Å². The maximum Gasteiger partial charge on any atom is 0.233 e. The van der Waals surface area contributed by atoms with Gasteiger partial charge in [0.15, 0.2) is 0 Å². The van der Waals surface area contributed by atoms with Crippen LogP contribution >= 0.6 is 0 Å². The molecule has 3 unspecified atom stereocenters. The smallest absolute Gasteiger partial charge is 0.233 e. The number of imide groups is 1. The monoisotopic (exact) mass is 250 g/mol. The molecule has 2 heterocycles. The number of carbonyl (C=O) groups excluding carboxylic acids is 2. The zero-order chi connectivity index (χ0) is 12.7. The van der Waals surface area contributed by atoms with Crippen LogP contribution in [0.3, 0.4) is 0 Å². The number of rotatable bonds is 2. The molecule has 2 saturated heterocycles. The Balaban J connectivity index is 1.67. The Morgan fingerprint density at radius 1 is 1.17 bits per heavy atom. The van der Waals surface area contributed by atoms with Crippen LogP contribution in [0.1, 0.15) is 39.0 Å². The van der Waals surface area contributed by atoms with Gasteiger partial charge in [0.2, 0.25) is 11.8 Å². The predicted molar refractivity (Wildman–Crippen MR) is 67.7 cm³/mol. The molecule has 100 valence electrons. The van der Waals surface area contributed by atoms with E-state index in [1.807, 2.05) is 0 Å². The highest BCUT2D eigenvalue weighted by Crippen LogP contribution is 2.42. The molecule has 1 aliphatic carbocycles. The Kier molecular flexibility index (Phi) is 3.14. The molecule has 4 heteroatoms. The maximum atomic E-state index is 12.3. The number of amides is 2. The molecule has 1 saturated carbocycles. The lowest BCUT2D eigenvalue weighted by Crippen LogP contribution is -2.46. The van der Waals surface area contributed by atoms with Gasteiger partial charge in [0.1, 0.15) is 0 Å². The van der Waals surface area contributed by atoms with Gasteiger partial charge in [-0.3, -0.25) is 14.5 Å². The topological polar surface area (TPSA) is 49.4 Å². The van der Waals surface area contributed by atoms with E-state index in [1.165, 1.54) is 12.8 Å². The summed E-state index contributed by atoms with van der Waals surface area (Å²) in [7, 11) is 0. The summed E-state index contributed by atoms with van der Waals surface area (Å²) in [5.74, 6) is 0.721. The van der Waals surface area contributed by atoms with Crippen LogP contribution in [0.2, 0.25) is 0 Å². The van der Waals surface area contributed by atoms with E-state index in [4.69, 9.17) is 0 Å². The van der Waals surface area contributed by atoms with Gasteiger partial charge in [-0.05, 0) is 38.1 Å². The largest absolute Gasteiger partial charge is 0.312 e. The Morgan fingerprint density at radius 2 is 1.83 bits per heavy atom. The van der Waals surface area contributed by atoms with Gasteiger partial charge in [-0.15, -0.1) is 0 Å². The van der Waals surface area contributed by atoms with Crippen molar-refractivity contribution < 1.29 is 9.59 Å². The van der Waals surface area contributed by atoms with Crippen molar-refractivity contribution in [3.8, 4) is 0 Å².